The molecule has 1 aliphatic carbocycles. The summed E-state index contributed by atoms with van der Waals surface area (Å²) in [6.45, 7) is 0. The second kappa shape index (κ2) is 5.67. The molecule has 3 N–H and O–H groups in total. The molecule has 98 valence electrons. The molecule has 0 heterocycles. The van der Waals surface area contributed by atoms with Gasteiger partial charge in [-0.05, 0) is 43.9 Å². The van der Waals surface area contributed by atoms with Crippen LogP contribution in [0.15, 0.2) is 18.2 Å². The monoisotopic (exact) mass is 270 g/mol. The van der Waals surface area contributed by atoms with Crippen molar-refractivity contribution in [2.75, 3.05) is 0 Å². The van der Waals surface area contributed by atoms with Gasteiger partial charge in [0.05, 0.1) is 5.56 Å². The number of rotatable bonds is 2. The minimum Gasteiger partial charge on any atom is -0.349 e. The molecular weight excluding hydrogens is 255 g/mol. The van der Waals surface area contributed by atoms with Crippen LogP contribution in [0.4, 0.5) is 4.39 Å². The average Bonchev–Trinajstić information content (AvgIpc) is 2.32. The summed E-state index contributed by atoms with van der Waals surface area (Å²) in [7, 11) is 0. The molecular formula is C13H16ClFN2O. The minimum absolute atomic E-state index is 0.0364. The van der Waals surface area contributed by atoms with Crippen LogP contribution in [-0.4, -0.2) is 18.0 Å². The van der Waals surface area contributed by atoms with Gasteiger partial charge in [0.25, 0.3) is 5.91 Å². The molecule has 3 nitrogen and oxygen atoms in total. The molecule has 1 aromatic carbocycles. The third-order valence-corrected chi connectivity index (χ3v) is 3.52. The first-order chi connectivity index (χ1) is 8.56. The Hall–Kier alpha value is -1.13. The Bertz CT molecular complexity index is 445. The van der Waals surface area contributed by atoms with Gasteiger partial charge in [-0.3, -0.25) is 4.79 Å². The molecule has 0 bridgehead atoms. The molecule has 0 aromatic heterocycles. The third-order valence-electron chi connectivity index (χ3n) is 3.28. The summed E-state index contributed by atoms with van der Waals surface area (Å²) < 4.78 is 13.6. The zero-order chi connectivity index (χ0) is 13.1. The first-order valence-corrected chi connectivity index (χ1v) is 6.45. The number of carbonyl (C=O) groups excluding carboxylic acids is 1. The van der Waals surface area contributed by atoms with Crippen LogP contribution in [0.25, 0.3) is 0 Å². The highest BCUT2D eigenvalue weighted by Crippen LogP contribution is 2.19. The van der Waals surface area contributed by atoms with Crippen molar-refractivity contribution in [3.05, 3.63) is 34.6 Å². The Labute approximate surface area is 111 Å². The lowest BCUT2D eigenvalue weighted by Gasteiger charge is -2.26. The van der Waals surface area contributed by atoms with E-state index in [1.54, 1.807) is 0 Å². The quantitative estimate of drug-likeness (QED) is 0.867. The molecule has 1 fully saturated rings. The van der Waals surface area contributed by atoms with Crippen molar-refractivity contribution in [3.8, 4) is 0 Å². The number of hydrogen-bond acceptors (Lipinski definition) is 2. The van der Waals surface area contributed by atoms with Crippen molar-refractivity contribution in [2.45, 2.75) is 37.8 Å². The number of nitrogens with one attached hydrogen (secondary N) is 1. The highest BCUT2D eigenvalue weighted by molar-refractivity contribution is 6.30. The van der Waals surface area contributed by atoms with Gasteiger partial charge in [0.2, 0.25) is 0 Å². The van der Waals surface area contributed by atoms with Crippen LogP contribution < -0.4 is 11.1 Å². The molecule has 0 atom stereocenters. The zero-order valence-electron chi connectivity index (χ0n) is 9.96. The van der Waals surface area contributed by atoms with Crippen LogP contribution in [0.1, 0.15) is 36.0 Å². The molecule has 1 saturated carbocycles. The summed E-state index contributed by atoms with van der Waals surface area (Å²) in [5.41, 5.74) is 5.83. The molecule has 1 aliphatic rings. The SMILES string of the molecule is NC1CCC(NC(=O)c2ccc(Cl)cc2F)CC1. The first kappa shape index (κ1) is 13.3. The summed E-state index contributed by atoms with van der Waals surface area (Å²) in [5.74, 6) is -0.975. The molecule has 1 amide bonds. The Morgan fingerprint density at radius 1 is 1.33 bits per heavy atom. The van der Waals surface area contributed by atoms with Gasteiger partial charge in [-0.1, -0.05) is 11.6 Å². The van der Waals surface area contributed by atoms with E-state index in [1.807, 2.05) is 0 Å². The maximum Gasteiger partial charge on any atom is 0.254 e. The van der Waals surface area contributed by atoms with E-state index in [4.69, 9.17) is 17.3 Å². The number of amides is 1. The van der Waals surface area contributed by atoms with Crippen LogP contribution in [0.3, 0.4) is 0 Å². The van der Waals surface area contributed by atoms with E-state index in [1.165, 1.54) is 12.1 Å². The van der Waals surface area contributed by atoms with E-state index < -0.39 is 5.82 Å². The molecule has 18 heavy (non-hydrogen) atoms. The predicted molar refractivity (Wildman–Crippen MR) is 69.1 cm³/mol. The minimum atomic E-state index is -0.590. The second-order valence-electron chi connectivity index (χ2n) is 4.71. The molecule has 0 aliphatic heterocycles. The molecule has 5 heteroatoms. The number of carbonyl (C=O) groups is 1. The van der Waals surface area contributed by atoms with Crippen molar-refractivity contribution < 1.29 is 9.18 Å². The molecule has 2 rings (SSSR count). The van der Waals surface area contributed by atoms with Crippen LogP contribution >= 0.6 is 11.6 Å². The summed E-state index contributed by atoms with van der Waals surface area (Å²) in [6, 6.07) is 4.38. The normalized spacial score (nSPS) is 23.7. The van der Waals surface area contributed by atoms with E-state index in [0.717, 1.165) is 31.7 Å². The highest BCUT2D eigenvalue weighted by Gasteiger charge is 2.21. The summed E-state index contributed by atoms with van der Waals surface area (Å²) in [6.07, 6.45) is 3.49. The smallest absolute Gasteiger partial charge is 0.254 e. The van der Waals surface area contributed by atoms with Gasteiger partial charge in [0, 0.05) is 17.1 Å². The van der Waals surface area contributed by atoms with Crippen molar-refractivity contribution >= 4 is 17.5 Å². The van der Waals surface area contributed by atoms with Gasteiger partial charge < -0.3 is 11.1 Å². The Morgan fingerprint density at radius 3 is 2.61 bits per heavy atom. The first-order valence-electron chi connectivity index (χ1n) is 6.08. The molecule has 1 aromatic rings. The fourth-order valence-corrected chi connectivity index (χ4v) is 2.36. The molecule has 0 saturated heterocycles. The van der Waals surface area contributed by atoms with Crippen molar-refractivity contribution in [2.24, 2.45) is 5.73 Å². The van der Waals surface area contributed by atoms with E-state index in [0.29, 0.717) is 0 Å². The van der Waals surface area contributed by atoms with Crippen LogP contribution in [0.2, 0.25) is 5.02 Å². The Kier molecular flexibility index (Phi) is 4.19. The van der Waals surface area contributed by atoms with Crippen molar-refractivity contribution in [1.82, 2.24) is 5.32 Å². The maximum absolute atomic E-state index is 13.6. The van der Waals surface area contributed by atoms with Gasteiger partial charge in [0.1, 0.15) is 5.82 Å². The Balaban J connectivity index is 1.99. The lowest BCUT2D eigenvalue weighted by Crippen LogP contribution is -2.40. The maximum atomic E-state index is 13.6. The number of benzene rings is 1. The lowest BCUT2D eigenvalue weighted by molar-refractivity contribution is 0.0922. The van der Waals surface area contributed by atoms with E-state index in [9.17, 15) is 9.18 Å². The van der Waals surface area contributed by atoms with Gasteiger partial charge in [0.15, 0.2) is 0 Å². The zero-order valence-corrected chi connectivity index (χ0v) is 10.7. The highest BCUT2D eigenvalue weighted by atomic mass is 35.5. The fraction of sp³-hybridized carbons (Fsp3) is 0.462. The van der Waals surface area contributed by atoms with Gasteiger partial charge in [-0.2, -0.15) is 0 Å². The predicted octanol–water partition coefficient (Wildman–Crippen LogP) is 2.48. The molecule has 0 radical (unpaired) electrons. The van der Waals surface area contributed by atoms with Gasteiger partial charge >= 0.3 is 0 Å². The molecule has 0 spiro atoms. The van der Waals surface area contributed by atoms with E-state index >= 15 is 0 Å². The van der Waals surface area contributed by atoms with Crippen LogP contribution in [-0.2, 0) is 0 Å². The summed E-state index contributed by atoms with van der Waals surface area (Å²) in [4.78, 5) is 11.9. The van der Waals surface area contributed by atoms with E-state index in [-0.39, 0.29) is 28.6 Å². The average molecular weight is 271 g/mol. The number of nitrogens with two attached hydrogens (primary N) is 1. The number of halogens is 2. The largest absolute Gasteiger partial charge is 0.349 e. The lowest BCUT2D eigenvalue weighted by atomic mass is 9.91. The third kappa shape index (κ3) is 3.21. The summed E-state index contributed by atoms with van der Waals surface area (Å²) in [5, 5.41) is 3.12. The van der Waals surface area contributed by atoms with Gasteiger partial charge in [-0.25, -0.2) is 4.39 Å². The van der Waals surface area contributed by atoms with E-state index in [2.05, 4.69) is 5.32 Å². The van der Waals surface area contributed by atoms with Gasteiger partial charge in [-0.15, -0.1) is 0 Å². The standard InChI is InChI=1S/C13H16ClFN2O/c14-8-1-6-11(12(15)7-8)13(18)17-10-4-2-9(16)3-5-10/h1,6-7,9-10H,2-5,16H2,(H,17,18). The van der Waals surface area contributed by atoms with Crippen molar-refractivity contribution in [1.29, 1.82) is 0 Å². The van der Waals surface area contributed by atoms with Crippen LogP contribution in [0, 0.1) is 5.82 Å². The Morgan fingerprint density at radius 2 is 2.00 bits per heavy atom. The van der Waals surface area contributed by atoms with Crippen molar-refractivity contribution in [3.63, 3.8) is 0 Å². The number of hydrogen-bond donors (Lipinski definition) is 2. The fourth-order valence-electron chi connectivity index (χ4n) is 2.20. The summed E-state index contributed by atoms with van der Waals surface area (Å²) >= 11 is 5.64. The topological polar surface area (TPSA) is 55.1 Å². The van der Waals surface area contributed by atoms with Crippen LogP contribution in [0.5, 0.6) is 0 Å². The molecule has 0 unspecified atom stereocenters. The second-order valence-corrected chi connectivity index (χ2v) is 5.15.